The molecule has 6 heteroatoms. The molecule has 2 rings (SSSR count). The predicted molar refractivity (Wildman–Crippen MR) is 104 cm³/mol. The zero-order chi connectivity index (χ0) is 18.8. The van der Waals surface area contributed by atoms with Gasteiger partial charge in [-0.2, -0.15) is 0 Å². The van der Waals surface area contributed by atoms with Crippen LogP contribution in [0, 0.1) is 0 Å². The van der Waals surface area contributed by atoms with E-state index in [4.69, 9.17) is 21.1 Å². The number of nitrogens with one attached hydrogen (secondary N) is 1. The molecule has 2 aromatic carbocycles. The summed E-state index contributed by atoms with van der Waals surface area (Å²) in [5.41, 5.74) is 1.11. The summed E-state index contributed by atoms with van der Waals surface area (Å²) < 4.78 is 11.0. The first-order valence-corrected chi connectivity index (χ1v) is 9.00. The van der Waals surface area contributed by atoms with Crippen LogP contribution in [-0.4, -0.2) is 44.2 Å². The molecule has 0 radical (unpaired) electrons. The van der Waals surface area contributed by atoms with Gasteiger partial charge in [-0.15, -0.1) is 0 Å². The van der Waals surface area contributed by atoms with E-state index < -0.39 is 0 Å². The fourth-order valence-corrected chi connectivity index (χ4v) is 2.54. The van der Waals surface area contributed by atoms with Gasteiger partial charge >= 0.3 is 0 Å². The highest BCUT2D eigenvalue weighted by Crippen LogP contribution is 2.17. The van der Waals surface area contributed by atoms with Crippen molar-refractivity contribution in [3.63, 3.8) is 0 Å². The molecule has 1 amide bonds. The van der Waals surface area contributed by atoms with Crippen LogP contribution in [0.2, 0.25) is 5.02 Å². The number of hydrogen-bond donors (Lipinski definition) is 1. The summed E-state index contributed by atoms with van der Waals surface area (Å²) in [5, 5.41) is 3.57. The molecule has 0 spiro atoms. The molecule has 0 saturated heterocycles. The van der Waals surface area contributed by atoms with E-state index in [9.17, 15) is 4.79 Å². The van der Waals surface area contributed by atoms with E-state index in [0.717, 1.165) is 17.1 Å². The van der Waals surface area contributed by atoms with E-state index >= 15 is 0 Å². The van der Waals surface area contributed by atoms with Crippen LogP contribution in [0.1, 0.15) is 12.5 Å². The minimum Gasteiger partial charge on any atom is -0.494 e. The molecule has 0 bridgehead atoms. The molecule has 0 fully saturated rings. The van der Waals surface area contributed by atoms with Gasteiger partial charge in [0.25, 0.3) is 0 Å². The van der Waals surface area contributed by atoms with Gasteiger partial charge < -0.3 is 14.8 Å². The molecule has 0 unspecified atom stereocenters. The molecule has 0 aliphatic carbocycles. The van der Waals surface area contributed by atoms with Crippen LogP contribution in [-0.2, 0) is 11.3 Å². The monoisotopic (exact) mass is 376 g/mol. The third-order valence-corrected chi connectivity index (χ3v) is 3.86. The van der Waals surface area contributed by atoms with Gasteiger partial charge in [0.05, 0.1) is 19.7 Å². The molecule has 0 aliphatic heterocycles. The van der Waals surface area contributed by atoms with E-state index in [1.165, 1.54) is 0 Å². The molecular weight excluding hydrogens is 352 g/mol. The first kappa shape index (κ1) is 20.1. The Morgan fingerprint density at radius 3 is 2.27 bits per heavy atom. The summed E-state index contributed by atoms with van der Waals surface area (Å²) in [4.78, 5) is 13.9. The molecule has 1 N–H and O–H groups in total. The Morgan fingerprint density at radius 1 is 1.04 bits per heavy atom. The molecule has 5 nitrogen and oxygen atoms in total. The number of amides is 1. The second kappa shape index (κ2) is 10.7. The number of ether oxygens (including phenoxy) is 2. The van der Waals surface area contributed by atoms with Crippen molar-refractivity contribution < 1.29 is 14.3 Å². The van der Waals surface area contributed by atoms with E-state index in [1.807, 2.05) is 67.4 Å². The second-order valence-electron chi connectivity index (χ2n) is 5.90. The highest BCUT2D eigenvalue weighted by atomic mass is 35.5. The molecule has 0 atom stereocenters. The van der Waals surface area contributed by atoms with Crippen molar-refractivity contribution in [1.29, 1.82) is 0 Å². The Balaban J connectivity index is 1.62. The third-order valence-electron chi connectivity index (χ3n) is 3.61. The molecular formula is C20H25ClN2O3. The lowest BCUT2D eigenvalue weighted by atomic mass is 10.2. The third kappa shape index (κ3) is 7.33. The number of carbonyl (C=O) groups is 1. The molecule has 0 heterocycles. The summed E-state index contributed by atoms with van der Waals surface area (Å²) in [6.45, 7) is 4.47. The van der Waals surface area contributed by atoms with Crippen molar-refractivity contribution >= 4 is 17.5 Å². The standard InChI is InChI=1S/C20H25ClN2O3/c1-3-25-18-8-10-19(11-9-18)26-13-12-22-20(24)15-23(2)14-16-4-6-17(21)7-5-16/h4-11H,3,12-15H2,1-2H3,(H,22,24). The fourth-order valence-electron chi connectivity index (χ4n) is 2.42. The van der Waals surface area contributed by atoms with Crippen LogP contribution in [0.25, 0.3) is 0 Å². The Hall–Kier alpha value is -2.24. The van der Waals surface area contributed by atoms with Gasteiger partial charge in [-0.05, 0) is 55.9 Å². The first-order chi connectivity index (χ1) is 12.6. The summed E-state index contributed by atoms with van der Waals surface area (Å²) in [6, 6.07) is 15.1. The SMILES string of the molecule is CCOc1ccc(OCCNC(=O)CN(C)Cc2ccc(Cl)cc2)cc1. The minimum atomic E-state index is -0.0308. The van der Waals surface area contributed by atoms with Crippen LogP contribution in [0.3, 0.4) is 0 Å². The van der Waals surface area contributed by atoms with E-state index in [0.29, 0.717) is 37.9 Å². The van der Waals surface area contributed by atoms with E-state index in [-0.39, 0.29) is 5.91 Å². The lowest BCUT2D eigenvalue weighted by molar-refractivity contribution is -0.122. The number of benzene rings is 2. The van der Waals surface area contributed by atoms with Crippen LogP contribution in [0.15, 0.2) is 48.5 Å². The fraction of sp³-hybridized carbons (Fsp3) is 0.350. The van der Waals surface area contributed by atoms with Crippen molar-refractivity contribution in [2.24, 2.45) is 0 Å². The number of nitrogens with zero attached hydrogens (tertiary/aromatic N) is 1. The lowest BCUT2D eigenvalue weighted by Gasteiger charge is -2.16. The number of rotatable bonds is 10. The molecule has 0 aliphatic rings. The smallest absolute Gasteiger partial charge is 0.234 e. The Labute approximate surface area is 159 Å². The largest absolute Gasteiger partial charge is 0.494 e. The number of likely N-dealkylation sites (N-methyl/N-ethyl adjacent to an activating group) is 1. The van der Waals surface area contributed by atoms with Crippen molar-refractivity contribution in [2.75, 3.05) is 33.4 Å². The van der Waals surface area contributed by atoms with Crippen molar-refractivity contribution in [3.05, 3.63) is 59.1 Å². The predicted octanol–water partition coefficient (Wildman–Crippen LogP) is 3.37. The normalized spacial score (nSPS) is 10.6. The summed E-state index contributed by atoms with van der Waals surface area (Å²) in [6.07, 6.45) is 0. The van der Waals surface area contributed by atoms with Gasteiger partial charge in [-0.1, -0.05) is 23.7 Å². The number of halogens is 1. The van der Waals surface area contributed by atoms with E-state index in [1.54, 1.807) is 0 Å². The molecule has 0 saturated carbocycles. The maximum absolute atomic E-state index is 12.0. The first-order valence-electron chi connectivity index (χ1n) is 8.62. The zero-order valence-electron chi connectivity index (χ0n) is 15.2. The maximum atomic E-state index is 12.0. The van der Waals surface area contributed by atoms with Crippen LogP contribution in [0.5, 0.6) is 11.5 Å². The van der Waals surface area contributed by atoms with Crippen molar-refractivity contribution in [3.8, 4) is 11.5 Å². The maximum Gasteiger partial charge on any atom is 0.234 e. The molecule has 2 aromatic rings. The quantitative estimate of drug-likeness (QED) is 0.646. The number of carbonyl (C=O) groups excluding carboxylic acids is 1. The Bertz CT molecular complexity index is 674. The zero-order valence-corrected chi connectivity index (χ0v) is 16.0. The minimum absolute atomic E-state index is 0.0308. The number of hydrogen-bond acceptors (Lipinski definition) is 4. The summed E-state index contributed by atoms with van der Waals surface area (Å²) >= 11 is 5.87. The lowest BCUT2D eigenvalue weighted by Crippen LogP contribution is -2.36. The molecule has 26 heavy (non-hydrogen) atoms. The Kier molecular flexibility index (Phi) is 8.25. The summed E-state index contributed by atoms with van der Waals surface area (Å²) in [5.74, 6) is 1.54. The average Bonchev–Trinajstić information content (AvgIpc) is 2.62. The second-order valence-corrected chi connectivity index (χ2v) is 6.34. The van der Waals surface area contributed by atoms with Crippen LogP contribution < -0.4 is 14.8 Å². The topological polar surface area (TPSA) is 50.8 Å². The van der Waals surface area contributed by atoms with Gasteiger partial charge in [0.15, 0.2) is 0 Å². The van der Waals surface area contributed by atoms with Gasteiger partial charge in [0.2, 0.25) is 5.91 Å². The molecule has 140 valence electrons. The van der Waals surface area contributed by atoms with Crippen LogP contribution >= 0.6 is 11.6 Å². The van der Waals surface area contributed by atoms with Gasteiger partial charge in [0, 0.05) is 11.6 Å². The Morgan fingerprint density at radius 2 is 1.65 bits per heavy atom. The average molecular weight is 377 g/mol. The molecule has 0 aromatic heterocycles. The van der Waals surface area contributed by atoms with E-state index in [2.05, 4.69) is 5.32 Å². The van der Waals surface area contributed by atoms with Gasteiger partial charge in [-0.25, -0.2) is 0 Å². The highest BCUT2D eigenvalue weighted by Gasteiger charge is 2.07. The van der Waals surface area contributed by atoms with Gasteiger partial charge in [-0.3, -0.25) is 9.69 Å². The van der Waals surface area contributed by atoms with Crippen LogP contribution in [0.4, 0.5) is 0 Å². The van der Waals surface area contributed by atoms with Gasteiger partial charge in [0.1, 0.15) is 18.1 Å². The van der Waals surface area contributed by atoms with Crippen molar-refractivity contribution in [1.82, 2.24) is 10.2 Å². The highest BCUT2D eigenvalue weighted by molar-refractivity contribution is 6.30. The summed E-state index contributed by atoms with van der Waals surface area (Å²) in [7, 11) is 1.91. The van der Waals surface area contributed by atoms with Crippen molar-refractivity contribution in [2.45, 2.75) is 13.5 Å².